The van der Waals surface area contributed by atoms with Gasteiger partial charge in [0.2, 0.25) is 0 Å². The molecule has 3 fully saturated rings. The number of carbonyl (C=O) groups excluding carboxylic acids is 1. The number of carbonyl (C=O) groups is 1. The van der Waals surface area contributed by atoms with E-state index < -0.39 is 11.7 Å². The summed E-state index contributed by atoms with van der Waals surface area (Å²) >= 11 is 0. The quantitative estimate of drug-likeness (QED) is 0.883. The Labute approximate surface area is 155 Å². The first-order chi connectivity index (χ1) is 12.7. The second-order valence-electron chi connectivity index (χ2n) is 7.96. The Morgan fingerprint density at radius 2 is 1.69 bits per heavy atom. The summed E-state index contributed by atoms with van der Waals surface area (Å²) in [6.45, 7) is 4.27. The fourth-order valence-corrected chi connectivity index (χ4v) is 4.63. The van der Waals surface area contributed by atoms with Crippen LogP contribution in [0.25, 0.3) is 0 Å². The second-order valence-corrected chi connectivity index (χ2v) is 7.96. The number of aliphatic hydroxyl groups excluding tert-OH is 1. The average molecular weight is 358 g/mol. The molecule has 3 saturated heterocycles. The van der Waals surface area contributed by atoms with Crippen molar-refractivity contribution in [2.75, 3.05) is 37.7 Å². The van der Waals surface area contributed by atoms with Crippen LogP contribution in [-0.4, -0.2) is 60.4 Å². The highest BCUT2D eigenvalue weighted by atomic mass is 16.5. The van der Waals surface area contributed by atoms with Gasteiger partial charge < -0.3 is 19.6 Å². The zero-order valence-corrected chi connectivity index (χ0v) is 15.5. The molecule has 142 valence electrons. The van der Waals surface area contributed by atoms with E-state index in [1.165, 1.54) is 24.9 Å². The van der Waals surface area contributed by atoms with E-state index in [4.69, 9.17) is 4.74 Å². The SMILES string of the molecule is O=C(c1ccc(N2CCCCC2)cc1)N1CCC2(CC1)OCCCC2O. The van der Waals surface area contributed by atoms with E-state index in [9.17, 15) is 9.90 Å². The molecule has 0 saturated carbocycles. The van der Waals surface area contributed by atoms with E-state index >= 15 is 0 Å². The first-order valence-electron chi connectivity index (χ1n) is 10.1. The van der Waals surface area contributed by atoms with Crippen LogP contribution in [0, 0.1) is 0 Å². The lowest BCUT2D eigenvalue weighted by atomic mass is 9.82. The van der Waals surface area contributed by atoms with Crippen molar-refractivity contribution in [2.45, 2.75) is 56.7 Å². The number of hydrogen-bond donors (Lipinski definition) is 1. The molecule has 5 heteroatoms. The van der Waals surface area contributed by atoms with Gasteiger partial charge in [-0.15, -0.1) is 0 Å². The van der Waals surface area contributed by atoms with Crippen molar-refractivity contribution in [3.05, 3.63) is 29.8 Å². The summed E-state index contributed by atoms with van der Waals surface area (Å²) in [5.41, 5.74) is 1.55. The first-order valence-corrected chi connectivity index (χ1v) is 10.1. The molecule has 0 bridgehead atoms. The van der Waals surface area contributed by atoms with Gasteiger partial charge in [-0.25, -0.2) is 0 Å². The molecule has 1 N–H and O–H groups in total. The van der Waals surface area contributed by atoms with Crippen LogP contribution in [0.3, 0.4) is 0 Å². The molecule has 1 aromatic carbocycles. The molecule has 3 aliphatic rings. The van der Waals surface area contributed by atoms with E-state index in [-0.39, 0.29) is 5.91 Å². The smallest absolute Gasteiger partial charge is 0.253 e. The zero-order valence-electron chi connectivity index (χ0n) is 15.5. The van der Waals surface area contributed by atoms with E-state index in [2.05, 4.69) is 17.0 Å². The van der Waals surface area contributed by atoms with Gasteiger partial charge in [0.05, 0.1) is 11.7 Å². The second kappa shape index (κ2) is 7.57. The number of anilines is 1. The predicted molar refractivity (Wildman–Crippen MR) is 102 cm³/mol. The summed E-state index contributed by atoms with van der Waals surface area (Å²) in [6, 6.07) is 8.08. The Morgan fingerprint density at radius 3 is 2.35 bits per heavy atom. The third-order valence-electron chi connectivity index (χ3n) is 6.35. The summed E-state index contributed by atoms with van der Waals surface area (Å²) in [5.74, 6) is 0.0929. The molecular weight excluding hydrogens is 328 g/mol. The highest BCUT2D eigenvalue weighted by molar-refractivity contribution is 5.94. The van der Waals surface area contributed by atoms with Gasteiger partial charge in [0.15, 0.2) is 0 Å². The number of rotatable bonds is 2. The highest BCUT2D eigenvalue weighted by Crippen LogP contribution is 2.35. The van der Waals surface area contributed by atoms with Crippen LogP contribution < -0.4 is 4.90 Å². The van der Waals surface area contributed by atoms with Crippen LogP contribution in [0.15, 0.2) is 24.3 Å². The van der Waals surface area contributed by atoms with Crippen LogP contribution in [0.1, 0.15) is 55.3 Å². The monoisotopic (exact) mass is 358 g/mol. The number of hydrogen-bond acceptors (Lipinski definition) is 4. The Morgan fingerprint density at radius 1 is 1.00 bits per heavy atom. The minimum absolute atomic E-state index is 0.0929. The molecule has 3 aliphatic heterocycles. The molecule has 1 spiro atoms. The normalized spacial score (nSPS) is 26.1. The molecule has 1 atom stereocenters. The van der Waals surface area contributed by atoms with Crippen molar-refractivity contribution >= 4 is 11.6 Å². The van der Waals surface area contributed by atoms with Gasteiger partial charge in [-0.1, -0.05) is 0 Å². The minimum Gasteiger partial charge on any atom is -0.390 e. The van der Waals surface area contributed by atoms with Gasteiger partial charge in [-0.2, -0.15) is 0 Å². The molecule has 1 amide bonds. The van der Waals surface area contributed by atoms with Crippen molar-refractivity contribution < 1.29 is 14.6 Å². The van der Waals surface area contributed by atoms with E-state index in [1.54, 1.807) is 0 Å². The number of nitrogens with zero attached hydrogens (tertiary/aromatic N) is 2. The third-order valence-corrected chi connectivity index (χ3v) is 6.35. The predicted octanol–water partition coefficient (Wildman–Crippen LogP) is 2.82. The molecule has 0 radical (unpaired) electrons. The Hall–Kier alpha value is -1.59. The molecular formula is C21H30N2O3. The molecule has 4 rings (SSSR count). The molecule has 3 heterocycles. The van der Waals surface area contributed by atoms with Crippen LogP contribution >= 0.6 is 0 Å². The summed E-state index contributed by atoms with van der Waals surface area (Å²) in [5, 5.41) is 10.3. The van der Waals surface area contributed by atoms with Crippen LogP contribution in [0.5, 0.6) is 0 Å². The maximum atomic E-state index is 12.8. The molecule has 26 heavy (non-hydrogen) atoms. The minimum atomic E-state index is -0.423. The van der Waals surface area contributed by atoms with Gasteiger partial charge in [0, 0.05) is 44.0 Å². The topological polar surface area (TPSA) is 53.0 Å². The van der Waals surface area contributed by atoms with Crippen molar-refractivity contribution in [3.8, 4) is 0 Å². The fraction of sp³-hybridized carbons (Fsp3) is 0.667. The van der Waals surface area contributed by atoms with Crippen LogP contribution in [-0.2, 0) is 4.74 Å². The molecule has 5 nitrogen and oxygen atoms in total. The van der Waals surface area contributed by atoms with E-state index in [0.29, 0.717) is 13.1 Å². The van der Waals surface area contributed by atoms with Gasteiger partial charge >= 0.3 is 0 Å². The van der Waals surface area contributed by atoms with Crippen molar-refractivity contribution in [1.82, 2.24) is 4.90 Å². The standard InChI is InChI=1S/C21H30N2O3/c24-19-5-4-16-26-21(19)10-14-23(15-11-21)20(25)17-6-8-18(9-7-17)22-12-2-1-3-13-22/h6-9,19,24H,1-5,10-16H2. The largest absolute Gasteiger partial charge is 0.390 e. The highest BCUT2D eigenvalue weighted by Gasteiger charge is 2.44. The van der Waals surface area contributed by atoms with Gasteiger partial charge in [0.25, 0.3) is 5.91 Å². The lowest BCUT2D eigenvalue weighted by molar-refractivity contribution is -0.174. The number of amides is 1. The first kappa shape index (κ1) is 17.8. The van der Waals surface area contributed by atoms with Crippen molar-refractivity contribution in [1.29, 1.82) is 0 Å². The van der Waals surface area contributed by atoms with Gasteiger partial charge in [-0.05, 0) is 69.2 Å². The van der Waals surface area contributed by atoms with Crippen LogP contribution in [0.2, 0.25) is 0 Å². The van der Waals surface area contributed by atoms with Gasteiger partial charge in [-0.3, -0.25) is 4.79 Å². The summed E-state index contributed by atoms with van der Waals surface area (Å²) in [4.78, 5) is 17.2. The number of piperidine rings is 2. The summed E-state index contributed by atoms with van der Waals surface area (Å²) in [7, 11) is 0. The maximum absolute atomic E-state index is 12.8. The average Bonchev–Trinajstić information content (AvgIpc) is 2.71. The number of benzene rings is 1. The van der Waals surface area contributed by atoms with Crippen LogP contribution in [0.4, 0.5) is 5.69 Å². The van der Waals surface area contributed by atoms with Crippen molar-refractivity contribution in [3.63, 3.8) is 0 Å². The molecule has 1 aromatic rings. The zero-order chi connectivity index (χ0) is 18.0. The number of aliphatic hydroxyl groups is 1. The summed E-state index contributed by atoms with van der Waals surface area (Å²) in [6.07, 6.45) is 6.63. The Balaban J connectivity index is 1.37. The molecule has 0 aliphatic carbocycles. The molecule has 1 unspecified atom stereocenters. The van der Waals surface area contributed by atoms with E-state index in [0.717, 1.165) is 50.9 Å². The Bertz CT molecular complexity index is 617. The maximum Gasteiger partial charge on any atom is 0.253 e. The molecule has 0 aromatic heterocycles. The lowest BCUT2D eigenvalue weighted by Gasteiger charge is -2.46. The van der Waals surface area contributed by atoms with E-state index in [1.807, 2.05) is 17.0 Å². The summed E-state index contributed by atoms with van der Waals surface area (Å²) < 4.78 is 5.94. The van der Waals surface area contributed by atoms with Gasteiger partial charge in [0.1, 0.15) is 0 Å². The fourth-order valence-electron chi connectivity index (χ4n) is 4.63. The number of likely N-dealkylation sites (tertiary alicyclic amines) is 1. The lowest BCUT2D eigenvalue weighted by Crippen LogP contribution is -2.56. The van der Waals surface area contributed by atoms with Crippen molar-refractivity contribution in [2.24, 2.45) is 0 Å². The number of ether oxygens (including phenoxy) is 1. The third kappa shape index (κ3) is 3.47. The Kier molecular flexibility index (Phi) is 5.18.